The van der Waals surface area contributed by atoms with E-state index in [1.165, 1.54) is 0 Å². The number of amides is 1. The van der Waals surface area contributed by atoms with E-state index >= 15 is 0 Å². The average molecular weight is 381 g/mol. The quantitative estimate of drug-likeness (QED) is 0.761. The number of rotatable bonds is 4. The van der Waals surface area contributed by atoms with Gasteiger partial charge in [0, 0.05) is 30.1 Å². The first-order chi connectivity index (χ1) is 13.7. The minimum absolute atomic E-state index is 0.0240. The summed E-state index contributed by atoms with van der Waals surface area (Å²) in [6, 6.07) is 12.5. The van der Waals surface area contributed by atoms with Gasteiger partial charge in [0.15, 0.2) is 17.3 Å². The molecule has 0 atom stereocenters. The van der Waals surface area contributed by atoms with Gasteiger partial charge in [-0.15, -0.1) is 0 Å². The Morgan fingerprint density at radius 3 is 2.46 bits per heavy atom. The van der Waals surface area contributed by atoms with Crippen LogP contribution in [-0.4, -0.2) is 50.0 Å². The molecule has 0 saturated carbocycles. The minimum Gasteiger partial charge on any atom is -0.497 e. The van der Waals surface area contributed by atoms with E-state index in [0.717, 1.165) is 0 Å². The number of carbonyl (C=O) groups is 2. The summed E-state index contributed by atoms with van der Waals surface area (Å²) >= 11 is 0. The molecule has 2 heterocycles. The lowest BCUT2D eigenvalue weighted by atomic mass is 9.88. The standard InChI is InChI=1S/C22H23NO5/c1-26-18-4-2-3-17(13-18)22(25)23-9-7-15(8-10-23)21(24)16-5-6-19-20(14-16)28-12-11-27-19/h2-6,13-15H,7-12H2,1H3. The van der Waals surface area contributed by atoms with Gasteiger partial charge in [-0.2, -0.15) is 0 Å². The highest BCUT2D eigenvalue weighted by Gasteiger charge is 2.29. The van der Waals surface area contributed by atoms with Crippen molar-refractivity contribution >= 4 is 11.7 Å². The number of hydrogen-bond donors (Lipinski definition) is 0. The number of nitrogens with zero attached hydrogens (tertiary/aromatic N) is 1. The van der Waals surface area contributed by atoms with Crippen LogP contribution in [0.15, 0.2) is 42.5 Å². The average Bonchev–Trinajstić information content (AvgIpc) is 2.78. The van der Waals surface area contributed by atoms with E-state index in [9.17, 15) is 9.59 Å². The number of hydrogen-bond acceptors (Lipinski definition) is 5. The van der Waals surface area contributed by atoms with E-state index in [1.807, 2.05) is 17.0 Å². The molecule has 0 aliphatic carbocycles. The third-order valence-electron chi connectivity index (χ3n) is 5.30. The lowest BCUT2D eigenvalue weighted by molar-refractivity contribution is 0.0650. The largest absolute Gasteiger partial charge is 0.497 e. The van der Waals surface area contributed by atoms with E-state index in [0.29, 0.717) is 67.5 Å². The Kier molecular flexibility index (Phi) is 5.19. The zero-order chi connectivity index (χ0) is 19.5. The Morgan fingerprint density at radius 2 is 1.71 bits per heavy atom. The molecule has 2 aromatic carbocycles. The van der Waals surface area contributed by atoms with Crippen LogP contribution in [0, 0.1) is 5.92 Å². The Hall–Kier alpha value is -3.02. The molecule has 0 unspecified atom stereocenters. The molecule has 4 rings (SSSR count). The second kappa shape index (κ2) is 7.92. The van der Waals surface area contributed by atoms with Crippen LogP contribution in [0.1, 0.15) is 33.6 Å². The molecule has 6 nitrogen and oxygen atoms in total. The fraction of sp³-hybridized carbons (Fsp3) is 0.364. The molecule has 0 N–H and O–H groups in total. The van der Waals surface area contributed by atoms with Gasteiger partial charge in [-0.05, 0) is 49.2 Å². The zero-order valence-electron chi connectivity index (χ0n) is 15.8. The number of ketones is 1. The molecule has 1 saturated heterocycles. The first-order valence-electron chi connectivity index (χ1n) is 9.53. The minimum atomic E-state index is -0.0862. The third kappa shape index (κ3) is 3.67. The molecule has 6 heteroatoms. The SMILES string of the molecule is COc1cccc(C(=O)N2CCC(C(=O)c3ccc4c(c3)OCCO4)CC2)c1. The van der Waals surface area contributed by atoms with Gasteiger partial charge in [-0.3, -0.25) is 9.59 Å². The van der Waals surface area contributed by atoms with Crippen molar-refractivity contribution in [2.75, 3.05) is 33.4 Å². The van der Waals surface area contributed by atoms with Crippen LogP contribution < -0.4 is 14.2 Å². The van der Waals surface area contributed by atoms with Gasteiger partial charge < -0.3 is 19.1 Å². The third-order valence-corrected chi connectivity index (χ3v) is 5.30. The van der Waals surface area contributed by atoms with Crippen molar-refractivity contribution in [3.63, 3.8) is 0 Å². The van der Waals surface area contributed by atoms with Crippen molar-refractivity contribution in [3.8, 4) is 17.2 Å². The molecule has 2 aliphatic heterocycles. The van der Waals surface area contributed by atoms with E-state index in [4.69, 9.17) is 14.2 Å². The molecular formula is C22H23NO5. The number of likely N-dealkylation sites (tertiary alicyclic amines) is 1. The first kappa shape index (κ1) is 18.3. The molecule has 1 fully saturated rings. The molecule has 2 aromatic rings. The Balaban J connectivity index is 1.39. The monoisotopic (exact) mass is 381 g/mol. The maximum Gasteiger partial charge on any atom is 0.253 e. The summed E-state index contributed by atoms with van der Waals surface area (Å²) in [7, 11) is 1.58. The van der Waals surface area contributed by atoms with E-state index in [1.54, 1.807) is 37.4 Å². The fourth-order valence-corrected chi connectivity index (χ4v) is 3.72. The molecule has 0 radical (unpaired) electrons. The summed E-state index contributed by atoms with van der Waals surface area (Å²) in [5.41, 5.74) is 1.25. The molecule has 0 bridgehead atoms. The molecule has 2 aliphatic rings. The summed E-state index contributed by atoms with van der Waals surface area (Å²) in [6.07, 6.45) is 1.31. The van der Waals surface area contributed by atoms with E-state index < -0.39 is 0 Å². The predicted octanol–water partition coefficient (Wildman–Crippen LogP) is 3.20. The second-order valence-corrected chi connectivity index (χ2v) is 7.02. The summed E-state index contributed by atoms with van der Waals surface area (Å²) in [5.74, 6) is 1.96. The maximum absolute atomic E-state index is 12.9. The number of Topliss-reactive ketones (excluding diaryl/α,β-unsaturated/α-hetero) is 1. The predicted molar refractivity (Wildman–Crippen MR) is 103 cm³/mol. The van der Waals surface area contributed by atoms with Crippen LogP contribution in [0.4, 0.5) is 0 Å². The number of ether oxygens (including phenoxy) is 3. The highest BCUT2D eigenvalue weighted by Crippen LogP contribution is 2.32. The van der Waals surface area contributed by atoms with Crippen LogP contribution in [0.2, 0.25) is 0 Å². The van der Waals surface area contributed by atoms with Gasteiger partial charge in [0.1, 0.15) is 19.0 Å². The summed E-state index contributed by atoms with van der Waals surface area (Å²) in [6.45, 7) is 2.16. The van der Waals surface area contributed by atoms with Gasteiger partial charge >= 0.3 is 0 Å². The summed E-state index contributed by atoms with van der Waals surface area (Å²) in [5, 5.41) is 0. The zero-order valence-corrected chi connectivity index (χ0v) is 15.8. The van der Waals surface area contributed by atoms with Crippen LogP contribution >= 0.6 is 0 Å². The number of benzene rings is 2. The molecule has 0 spiro atoms. The Bertz CT molecular complexity index is 886. The smallest absolute Gasteiger partial charge is 0.253 e. The second-order valence-electron chi connectivity index (χ2n) is 7.02. The lowest BCUT2D eigenvalue weighted by Crippen LogP contribution is -2.40. The van der Waals surface area contributed by atoms with Gasteiger partial charge in [0.25, 0.3) is 5.91 Å². The molecule has 0 aromatic heterocycles. The van der Waals surface area contributed by atoms with Crippen LogP contribution in [-0.2, 0) is 0 Å². The number of carbonyl (C=O) groups excluding carboxylic acids is 2. The number of fused-ring (bicyclic) bond motifs is 1. The highest BCUT2D eigenvalue weighted by molar-refractivity contribution is 5.99. The van der Waals surface area contributed by atoms with E-state index in [-0.39, 0.29) is 17.6 Å². The molecule has 1 amide bonds. The lowest BCUT2D eigenvalue weighted by Gasteiger charge is -2.31. The normalized spacial score (nSPS) is 16.5. The Morgan fingerprint density at radius 1 is 0.964 bits per heavy atom. The fourth-order valence-electron chi connectivity index (χ4n) is 3.72. The van der Waals surface area contributed by atoms with Crippen molar-refractivity contribution in [2.24, 2.45) is 5.92 Å². The molecular weight excluding hydrogens is 358 g/mol. The van der Waals surface area contributed by atoms with Crippen LogP contribution in [0.5, 0.6) is 17.2 Å². The topological polar surface area (TPSA) is 65.1 Å². The maximum atomic E-state index is 12.9. The molecule has 146 valence electrons. The first-order valence-corrected chi connectivity index (χ1v) is 9.53. The van der Waals surface area contributed by atoms with Crippen molar-refractivity contribution in [1.29, 1.82) is 0 Å². The van der Waals surface area contributed by atoms with Crippen molar-refractivity contribution < 1.29 is 23.8 Å². The van der Waals surface area contributed by atoms with Gasteiger partial charge in [0.05, 0.1) is 7.11 Å². The summed E-state index contributed by atoms with van der Waals surface area (Å²) < 4.78 is 16.3. The van der Waals surface area contributed by atoms with Crippen LogP contribution in [0.3, 0.4) is 0 Å². The Labute approximate surface area is 164 Å². The number of piperidine rings is 1. The van der Waals surface area contributed by atoms with Crippen LogP contribution in [0.25, 0.3) is 0 Å². The van der Waals surface area contributed by atoms with E-state index in [2.05, 4.69) is 0 Å². The van der Waals surface area contributed by atoms with Crippen molar-refractivity contribution in [1.82, 2.24) is 4.90 Å². The highest BCUT2D eigenvalue weighted by atomic mass is 16.6. The molecule has 28 heavy (non-hydrogen) atoms. The van der Waals surface area contributed by atoms with Crippen molar-refractivity contribution in [3.05, 3.63) is 53.6 Å². The van der Waals surface area contributed by atoms with Crippen molar-refractivity contribution in [2.45, 2.75) is 12.8 Å². The number of methoxy groups -OCH3 is 1. The van der Waals surface area contributed by atoms with Gasteiger partial charge in [0.2, 0.25) is 0 Å². The summed E-state index contributed by atoms with van der Waals surface area (Å²) in [4.78, 5) is 27.4. The van der Waals surface area contributed by atoms with Gasteiger partial charge in [-0.25, -0.2) is 0 Å². The van der Waals surface area contributed by atoms with Gasteiger partial charge in [-0.1, -0.05) is 6.07 Å².